The van der Waals surface area contributed by atoms with Crippen molar-refractivity contribution in [3.8, 4) is 0 Å². The molecule has 1 heterocycles. The number of rotatable bonds is 2. The third-order valence-electron chi connectivity index (χ3n) is 1.54. The molecule has 4 nitrogen and oxygen atoms in total. The van der Waals surface area contributed by atoms with Gasteiger partial charge in [-0.05, 0) is 0 Å². The van der Waals surface area contributed by atoms with Crippen molar-refractivity contribution in [2.45, 2.75) is 6.43 Å². The van der Waals surface area contributed by atoms with E-state index < -0.39 is 23.1 Å². The number of H-pyrrole nitrogens is 1. The zero-order valence-corrected chi connectivity index (χ0v) is 6.38. The van der Waals surface area contributed by atoms with Gasteiger partial charge in [0.1, 0.15) is 0 Å². The molecule has 0 aliphatic heterocycles. The lowest BCUT2D eigenvalue weighted by molar-refractivity contribution is 0.110. The molecular formula is C7H6F2N2O2. The summed E-state index contributed by atoms with van der Waals surface area (Å²) >= 11 is 0. The van der Waals surface area contributed by atoms with Gasteiger partial charge in [-0.1, -0.05) is 0 Å². The molecule has 0 amide bonds. The minimum atomic E-state index is -3.01. The van der Waals surface area contributed by atoms with E-state index in [1.165, 1.54) is 0 Å². The highest BCUT2D eigenvalue weighted by Crippen LogP contribution is 2.20. The molecule has 13 heavy (non-hydrogen) atoms. The lowest BCUT2D eigenvalue weighted by Gasteiger charge is -2.03. The molecule has 1 rings (SSSR count). The molecule has 0 aliphatic carbocycles. The lowest BCUT2D eigenvalue weighted by Crippen LogP contribution is -2.17. The predicted octanol–water partition coefficient (Wildman–Crippen LogP) is 0.707. The highest BCUT2D eigenvalue weighted by Gasteiger charge is 2.18. The van der Waals surface area contributed by atoms with Crippen LogP contribution in [0.15, 0.2) is 11.0 Å². The summed E-state index contributed by atoms with van der Waals surface area (Å²) in [5.74, 6) is 0. The van der Waals surface area contributed by atoms with E-state index in [1.54, 1.807) is 0 Å². The zero-order valence-electron chi connectivity index (χ0n) is 6.38. The van der Waals surface area contributed by atoms with Crippen molar-refractivity contribution in [3.05, 3.63) is 27.7 Å². The average molecular weight is 188 g/mol. The van der Waals surface area contributed by atoms with E-state index in [0.29, 0.717) is 0 Å². The first kappa shape index (κ1) is 9.37. The second-order valence-corrected chi connectivity index (χ2v) is 2.32. The normalized spacial score (nSPS) is 10.4. The standard InChI is InChI=1S/C7H6F2N2O2/c8-6(9)5-3(2-12)4(10)1-11-7(5)13/h1-2,6H,10H2,(H,11,13). The minimum absolute atomic E-state index is 0.145. The number of aromatic nitrogens is 1. The third kappa shape index (κ3) is 1.56. The molecular weight excluding hydrogens is 182 g/mol. The maximum absolute atomic E-state index is 12.2. The molecule has 0 saturated heterocycles. The summed E-state index contributed by atoms with van der Waals surface area (Å²) in [5, 5.41) is 0. The average Bonchev–Trinajstić information content (AvgIpc) is 2.07. The molecule has 0 fully saturated rings. The van der Waals surface area contributed by atoms with Crippen molar-refractivity contribution < 1.29 is 13.6 Å². The van der Waals surface area contributed by atoms with E-state index in [2.05, 4.69) is 0 Å². The quantitative estimate of drug-likeness (QED) is 0.671. The number of carbonyl (C=O) groups excluding carboxylic acids is 1. The lowest BCUT2D eigenvalue weighted by atomic mass is 10.1. The fourth-order valence-corrected chi connectivity index (χ4v) is 0.925. The molecule has 1 aromatic heterocycles. The van der Waals surface area contributed by atoms with Gasteiger partial charge in [0.25, 0.3) is 12.0 Å². The Morgan fingerprint density at radius 1 is 1.54 bits per heavy atom. The van der Waals surface area contributed by atoms with E-state index in [0.717, 1.165) is 6.20 Å². The topological polar surface area (TPSA) is 76.0 Å². The van der Waals surface area contributed by atoms with Gasteiger partial charge in [-0.3, -0.25) is 9.59 Å². The molecule has 0 radical (unpaired) electrons. The summed E-state index contributed by atoms with van der Waals surface area (Å²) < 4.78 is 24.4. The molecule has 0 unspecified atom stereocenters. The largest absolute Gasteiger partial charge is 0.397 e. The molecule has 0 bridgehead atoms. The Kier molecular flexibility index (Phi) is 2.41. The SMILES string of the molecule is Nc1c[nH]c(=O)c(C(F)F)c1C=O. The van der Waals surface area contributed by atoms with Crippen LogP contribution in [-0.2, 0) is 0 Å². The van der Waals surface area contributed by atoms with E-state index >= 15 is 0 Å². The van der Waals surface area contributed by atoms with Crippen molar-refractivity contribution >= 4 is 12.0 Å². The first-order chi connectivity index (χ1) is 6.07. The maximum atomic E-state index is 12.2. The van der Waals surface area contributed by atoms with Gasteiger partial charge < -0.3 is 10.7 Å². The summed E-state index contributed by atoms with van der Waals surface area (Å²) in [6, 6.07) is 0. The number of hydrogen-bond donors (Lipinski definition) is 2. The van der Waals surface area contributed by atoms with Crippen LogP contribution in [0.1, 0.15) is 22.3 Å². The maximum Gasteiger partial charge on any atom is 0.269 e. The monoisotopic (exact) mass is 188 g/mol. The van der Waals surface area contributed by atoms with Gasteiger partial charge >= 0.3 is 0 Å². The fraction of sp³-hybridized carbons (Fsp3) is 0.143. The van der Waals surface area contributed by atoms with Crippen LogP contribution in [0.2, 0.25) is 0 Å². The van der Waals surface area contributed by atoms with Crippen LogP contribution in [0.25, 0.3) is 0 Å². The van der Waals surface area contributed by atoms with Crippen LogP contribution in [0.3, 0.4) is 0 Å². The van der Waals surface area contributed by atoms with Gasteiger partial charge in [-0.15, -0.1) is 0 Å². The number of anilines is 1. The fourth-order valence-electron chi connectivity index (χ4n) is 0.925. The molecule has 70 valence electrons. The second kappa shape index (κ2) is 3.34. The van der Waals surface area contributed by atoms with Crippen molar-refractivity contribution in [1.82, 2.24) is 4.98 Å². The van der Waals surface area contributed by atoms with Crippen molar-refractivity contribution in [2.24, 2.45) is 0 Å². The summed E-state index contributed by atoms with van der Waals surface area (Å²) in [7, 11) is 0. The van der Waals surface area contributed by atoms with Crippen LogP contribution in [-0.4, -0.2) is 11.3 Å². The number of nitrogen functional groups attached to an aromatic ring is 1. The number of halogens is 2. The highest BCUT2D eigenvalue weighted by molar-refractivity contribution is 5.84. The molecule has 0 aliphatic rings. The summed E-state index contributed by atoms with van der Waals surface area (Å²) in [4.78, 5) is 23.2. The molecule has 0 spiro atoms. The third-order valence-corrected chi connectivity index (χ3v) is 1.54. The summed E-state index contributed by atoms with van der Waals surface area (Å²) in [6.07, 6.45) is -1.85. The van der Waals surface area contributed by atoms with E-state index in [1.807, 2.05) is 4.98 Å². The molecule has 0 aromatic carbocycles. The van der Waals surface area contributed by atoms with Crippen LogP contribution in [0.4, 0.5) is 14.5 Å². The number of aldehydes is 1. The Morgan fingerprint density at radius 2 is 2.15 bits per heavy atom. The van der Waals surface area contributed by atoms with Crippen LogP contribution in [0.5, 0.6) is 0 Å². The van der Waals surface area contributed by atoms with Crippen LogP contribution in [0, 0.1) is 0 Å². The van der Waals surface area contributed by atoms with Crippen molar-refractivity contribution in [2.75, 3.05) is 5.73 Å². The number of pyridine rings is 1. The molecule has 0 atom stereocenters. The first-order valence-corrected chi connectivity index (χ1v) is 3.32. The second-order valence-electron chi connectivity index (χ2n) is 2.32. The van der Waals surface area contributed by atoms with Gasteiger partial charge in [-0.2, -0.15) is 0 Å². The zero-order chi connectivity index (χ0) is 10.0. The van der Waals surface area contributed by atoms with Gasteiger partial charge in [0.15, 0.2) is 6.29 Å². The smallest absolute Gasteiger partial charge is 0.269 e. The summed E-state index contributed by atoms with van der Waals surface area (Å²) in [5.41, 5.74) is 2.72. The number of aromatic amines is 1. The Hall–Kier alpha value is -1.72. The Morgan fingerprint density at radius 3 is 2.54 bits per heavy atom. The van der Waals surface area contributed by atoms with E-state index in [9.17, 15) is 18.4 Å². The Bertz CT molecular complexity index is 387. The van der Waals surface area contributed by atoms with Crippen molar-refractivity contribution in [3.63, 3.8) is 0 Å². The van der Waals surface area contributed by atoms with E-state index in [4.69, 9.17) is 5.73 Å². The molecule has 6 heteroatoms. The summed E-state index contributed by atoms with van der Waals surface area (Å²) in [6.45, 7) is 0. The van der Waals surface area contributed by atoms with Gasteiger partial charge in [0.05, 0.1) is 16.8 Å². The minimum Gasteiger partial charge on any atom is -0.397 e. The molecule has 0 saturated carbocycles. The Balaban J connectivity index is 3.53. The van der Waals surface area contributed by atoms with Gasteiger partial charge in [0.2, 0.25) is 0 Å². The van der Waals surface area contributed by atoms with Gasteiger partial charge in [0, 0.05) is 6.20 Å². The highest BCUT2D eigenvalue weighted by atomic mass is 19.3. The van der Waals surface area contributed by atoms with Crippen molar-refractivity contribution in [1.29, 1.82) is 0 Å². The Labute approximate surface area is 71.4 Å². The number of carbonyl (C=O) groups is 1. The van der Waals surface area contributed by atoms with E-state index in [-0.39, 0.29) is 12.0 Å². The molecule has 3 N–H and O–H groups in total. The van der Waals surface area contributed by atoms with Crippen LogP contribution >= 0.6 is 0 Å². The predicted molar refractivity (Wildman–Crippen MR) is 41.8 cm³/mol. The number of hydrogen-bond acceptors (Lipinski definition) is 3. The van der Waals surface area contributed by atoms with Gasteiger partial charge in [-0.25, -0.2) is 8.78 Å². The number of nitrogens with one attached hydrogen (secondary N) is 1. The number of nitrogens with two attached hydrogens (primary N) is 1. The first-order valence-electron chi connectivity index (χ1n) is 3.32. The van der Waals surface area contributed by atoms with Crippen LogP contribution < -0.4 is 11.3 Å². The molecule has 1 aromatic rings. The number of alkyl halides is 2.